The molecule has 0 radical (unpaired) electrons. The highest BCUT2D eigenvalue weighted by Gasteiger charge is 2.36. The number of ketones is 1. The van der Waals surface area contributed by atoms with Gasteiger partial charge in [0.2, 0.25) is 5.43 Å². The molecular formula is C21H20N4O4S. The van der Waals surface area contributed by atoms with E-state index in [1.165, 1.54) is 30.4 Å². The number of anilines is 1. The molecule has 8 nitrogen and oxygen atoms in total. The van der Waals surface area contributed by atoms with Crippen molar-refractivity contribution in [1.82, 2.24) is 14.5 Å². The fraction of sp³-hybridized carbons (Fsp3) is 0.381. The second-order valence-electron chi connectivity index (χ2n) is 8.07. The third kappa shape index (κ3) is 3.19. The van der Waals surface area contributed by atoms with Crippen LogP contribution in [0.5, 0.6) is 0 Å². The van der Waals surface area contributed by atoms with E-state index in [-0.39, 0.29) is 16.9 Å². The molecule has 0 aromatic carbocycles. The Bertz CT molecular complexity index is 1220. The first kappa shape index (κ1) is 18.9. The van der Waals surface area contributed by atoms with Crippen LogP contribution in [0.4, 0.5) is 5.82 Å². The van der Waals surface area contributed by atoms with Crippen molar-refractivity contribution in [1.29, 1.82) is 0 Å². The minimum absolute atomic E-state index is 0.0407. The van der Waals surface area contributed by atoms with Crippen LogP contribution < -0.4 is 10.3 Å². The Morgan fingerprint density at radius 1 is 1.30 bits per heavy atom. The third-order valence-corrected chi connectivity index (χ3v) is 6.62. The minimum atomic E-state index is -1.28. The molecule has 154 valence electrons. The largest absolute Gasteiger partial charge is 0.477 e. The van der Waals surface area contributed by atoms with Crippen molar-refractivity contribution in [2.24, 2.45) is 11.8 Å². The van der Waals surface area contributed by atoms with E-state index in [0.29, 0.717) is 53.4 Å². The molecule has 1 saturated carbocycles. The number of carboxylic acids is 1. The predicted octanol–water partition coefficient (Wildman–Crippen LogP) is 2.65. The van der Waals surface area contributed by atoms with Gasteiger partial charge < -0.3 is 10.0 Å². The van der Waals surface area contributed by atoms with E-state index in [1.807, 2.05) is 4.90 Å². The Hall–Kier alpha value is -3.07. The lowest BCUT2D eigenvalue weighted by atomic mass is 9.92. The summed E-state index contributed by atoms with van der Waals surface area (Å²) in [5, 5.41) is 12.1. The highest BCUT2D eigenvalue weighted by molar-refractivity contribution is 7.12. The average molecular weight is 424 g/mol. The van der Waals surface area contributed by atoms with Gasteiger partial charge in [0.25, 0.3) is 0 Å². The van der Waals surface area contributed by atoms with Crippen LogP contribution in [0.25, 0.3) is 16.2 Å². The van der Waals surface area contributed by atoms with Gasteiger partial charge in [-0.2, -0.15) is 0 Å². The normalized spacial score (nSPS) is 16.6. The summed E-state index contributed by atoms with van der Waals surface area (Å²) in [6, 6.07) is 1.79. The lowest BCUT2D eigenvalue weighted by Crippen LogP contribution is -2.51. The number of aryl methyl sites for hydroxylation is 1. The maximum Gasteiger partial charge on any atom is 0.341 e. The number of carbonyl (C=O) groups excluding carboxylic acids is 1. The molecule has 3 aromatic heterocycles. The standard InChI is InChI=1S/C21H20N4O4S/c1-11-6-16(24-8-13(9-24)15(26)7-12-2-3-12)23-19-17(11)18(27)14(20(28)29)10-25(19)21-22-4-5-30-21/h4-6,10,12-13H,2-3,7-9H2,1H3,(H,28,29). The zero-order valence-corrected chi connectivity index (χ0v) is 17.2. The number of hydrogen-bond acceptors (Lipinski definition) is 7. The highest BCUT2D eigenvalue weighted by atomic mass is 32.1. The zero-order valence-electron chi connectivity index (χ0n) is 16.4. The van der Waals surface area contributed by atoms with Gasteiger partial charge in [-0.1, -0.05) is 0 Å². The fourth-order valence-corrected chi connectivity index (χ4v) is 4.53. The Morgan fingerprint density at radius 3 is 2.70 bits per heavy atom. The number of fused-ring (bicyclic) bond motifs is 1. The molecule has 30 heavy (non-hydrogen) atoms. The molecule has 1 aliphatic heterocycles. The molecule has 1 saturated heterocycles. The molecule has 5 rings (SSSR count). The molecule has 9 heteroatoms. The number of carbonyl (C=O) groups is 2. The van der Waals surface area contributed by atoms with Crippen molar-refractivity contribution in [2.75, 3.05) is 18.0 Å². The SMILES string of the molecule is Cc1cc(N2CC(C(=O)CC3CC3)C2)nc2c1c(=O)c(C(=O)O)cn2-c1nccs1. The second-order valence-corrected chi connectivity index (χ2v) is 8.95. The van der Waals surface area contributed by atoms with E-state index in [0.717, 1.165) is 0 Å². The summed E-state index contributed by atoms with van der Waals surface area (Å²) in [6.45, 7) is 3.03. The lowest BCUT2D eigenvalue weighted by Gasteiger charge is -2.39. The molecule has 4 heterocycles. The van der Waals surface area contributed by atoms with Gasteiger partial charge in [0.05, 0.1) is 11.3 Å². The summed E-state index contributed by atoms with van der Waals surface area (Å²) in [4.78, 5) is 47.8. The lowest BCUT2D eigenvalue weighted by molar-refractivity contribution is -0.123. The Morgan fingerprint density at radius 2 is 2.07 bits per heavy atom. The van der Waals surface area contributed by atoms with E-state index < -0.39 is 11.4 Å². The van der Waals surface area contributed by atoms with Crippen molar-refractivity contribution in [3.05, 3.63) is 45.2 Å². The van der Waals surface area contributed by atoms with Crippen molar-refractivity contribution < 1.29 is 14.7 Å². The number of aromatic nitrogens is 3. The number of aromatic carboxylic acids is 1. The predicted molar refractivity (Wildman–Crippen MR) is 113 cm³/mol. The third-order valence-electron chi connectivity index (χ3n) is 5.85. The molecule has 2 fully saturated rings. The van der Waals surface area contributed by atoms with Gasteiger partial charge in [0, 0.05) is 37.3 Å². The van der Waals surface area contributed by atoms with Gasteiger partial charge in [0.15, 0.2) is 10.8 Å². The maximum absolute atomic E-state index is 12.8. The Balaban J connectivity index is 1.55. The Labute approximate surface area is 175 Å². The van der Waals surface area contributed by atoms with Gasteiger partial charge in [-0.05, 0) is 37.3 Å². The molecule has 1 N–H and O–H groups in total. The molecular weight excluding hydrogens is 404 g/mol. The van der Waals surface area contributed by atoms with Crippen LogP contribution in [0.1, 0.15) is 35.2 Å². The quantitative estimate of drug-likeness (QED) is 0.648. The molecule has 1 aliphatic carbocycles. The van der Waals surface area contributed by atoms with Crippen LogP contribution in [0.15, 0.2) is 28.6 Å². The number of Topliss-reactive ketones (excluding diaryl/α,β-unsaturated/α-hetero) is 1. The number of hydrogen-bond donors (Lipinski definition) is 1. The first-order valence-corrected chi connectivity index (χ1v) is 10.8. The summed E-state index contributed by atoms with van der Waals surface area (Å²) in [5.74, 6) is 0.360. The summed E-state index contributed by atoms with van der Waals surface area (Å²) >= 11 is 1.33. The molecule has 0 bridgehead atoms. The first-order chi connectivity index (χ1) is 14.4. The van der Waals surface area contributed by atoms with E-state index in [2.05, 4.69) is 4.98 Å². The molecule has 0 unspecified atom stereocenters. The monoisotopic (exact) mass is 424 g/mol. The number of rotatable bonds is 6. The molecule has 3 aromatic rings. The van der Waals surface area contributed by atoms with E-state index in [1.54, 1.807) is 29.1 Å². The van der Waals surface area contributed by atoms with Crippen molar-refractivity contribution >= 4 is 39.9 Å². The average Bonchev–Trinajstić information content (AvgIpc) is 3.29. The topological polar surface area (TPSA) is 105 Å². The number of nitrogens with zero attached hydrogens (tertiary/aromatic N) is 4. The van der Waals surface area contributed by atoms with Crippen LogP contribution >= 0.6 is 11.3 Å². The zero-order chi connectivity index (χ0) is 21.0. The number of pyridine rings is 2. The molecule has 2 aliphatic rings. The van der Waals surface area contributed by atoms with Crippen LogP contribution in [0.3, 0.4) is 0 Å². The van der Waals surface area contributed by atoms with Gasteiger partial charge in [-0.25, -0.2) is 14.8 Å². The van der Waals surface area contributed by atoms with Crippen LogP contribution in [-0.4, -0.2) is 44.5 Å². The number of carboxylic acid groups (broad SMARTS) is 1. The second kappa shape index (κ2) is 7.02. The highest BCUT2D eigenvalue weighted by Crippen LogP contribution is 2.35. The molecule has 0 amide bonds. The fourth-order valence-electron chi connectivity index (χ4n) is 3.91. The van der Waals surface area contributed by atoms with E-state index in [9.17, 15) is 19.5 Å². The van der Waals surface area contributed by atoms with Crippen molar-refractivity contribution in [3.63, 3.8) is 0 Å². The van der Waals surface area contributed by atoms with Crippen molar-refractivity contribution in [3.8, 4) is 5.13 Å². The van der Waals surface area contributed by atoms with Gasteiger partial charge >= 0.3 is 5.97 Å². The van der Waals surface area contributed by atoms with Crippen LogP contribution in [-0.2, 0) is 4.79 Å². The summed E-state index contributed by atoms with van der Waals surface area (Å²) in [5.41, 5.74) is 0.164. The van der Waals surface area contributed by atoms with E-state index >= 15 is 0 Å². The van der Waals surface area contributed by atoms with Crippen LogP contribution in [0, 0.1) is 18.8 Å². The Kier molecular flexibility index (Phi) is 4.43. The van der Waals surface area contributed by atoms with Gasteiger partial charge in [-0.3, -0.25) is 14.2 Å². The summed E-state index contributed by atoms with van der Waals surface area (Å²) < 4.78 is 1.57. The summed E-state index contributed by atoms with van der Waals surface area (Å²) in [6.07, 6.45) is 5.93. The van der Waals surface area contributed by atoms with Gasteiger partial charge in [0.1, 0.15) is 17.2 Å². The minimum Gasteiger partial charge on any atom is -0.477 e. The summed E-state index contributed by atoms with van der Waals surface area (Å²) in [7, 11) is 0. The first-order valence-electron chi connectivity index (χ1n) is 9.90. The van der Waals surface area contributed by atoms with Gasteiger partial charge in [-0.15, -0.1) is 11.3 Å². The van der Waals surface area contributed by atoms with E-state index in [4.69, 9.17) is 4.98 Å². The maximum atomic E-state index is 12.8. The molecule has 0 atom stereocenters. The number of thiazole rings is 1. The molecule has 0 spiro atoms. The van der Waals surface area contributed by atoms with Crippen molar-refractivity contribution in [2.45, 2.75) is 26.2 Å². The van der Waals surface area contributed by atoms with Crippen LogP contribution in [0.2, 0.25) is 0 Å². The smallest absolute Gasteiger partial charge is 0.341 e.